The van der Waals surface area contributed by atoms with Crippen LogP contribution in [0.1, 0.15) is 57.8 Å². The molecule has 0 amide bonds. The van der Waals surface area contributed by atoms with E-state index in [0.717, 1.165) is 43.9 Å². The summed E-state index contributed by atoms with van der Waals surface area (Å²) in [6, 6.07) is 0.457. The zero-order chi connectivity index (χ0) is 14.5. The van der Waals surface area contributed by atoms with Crippen molar-refractivity contribution in [2.45, 2.75) is 58.2 Å². The molecule has 2 atom stereocenters. The van der Waals surface area contributed by atoms with E-state index in [2.05, 4.69) is 31.2 Å². The summed E-state index contributed by atoms with van der Waals surface area (Å²) in [5, 5.41) is 8.10. The highest BCUT2D eigenvalue weighted by Gasteiger charge is 2.32. The number of nitrogens with zero attached hydrogens (tertiary/aromatic N) is 2. The maximum Gasteiger partial charge on any atom is 0.161 e. The van der Waals surface area contributed by atoms with Crippen molar-refractivity contribution in [3.8, 4) is 5.75 Å². The molecule has 0 radical (unpaired) electrons. The van der Waals surface area contributed by atoms with Gasteiger partial charge in [-0.3, -0.25) is 4.68 Å². The number of rotatable bonds is 7. The van der Waals surface area contributed by atoms with Gasteiger partial charge in [0.05, 0.1) is 25.5 Å². The second-order valence-corrected chi connectivity index (χ2v) is 5.62. The molecule has 1 aliphatic heterocycles. The second-order valence-electron chi connectivity index (χ2n) is 5.62. The van der Waals surface area contributed by atoms with Gasteiger partial charge in [0, 0.05) is 12.6 Å². The molecule has 0 spiro atoms. The van der Waals surface area contributed by atoms with Gasteiger partial charge >= 0.3 is 0 Å². The van der Waals surface area contributed by atoms with E-state index in [9.17, 15) is 0 Å². The van der Waals surface area contributed by atoms with Gasteiger partial charge in [-0.25, -0.2) is 0 Å². The highest BCUT2D eigenvalue weighted by Crippen LogP contribution is 2.34. The number of hydrogen-bond donors (Lipinski definition) is 1. The van der Waals surface area contributed by atoms with Crippen molar-refractivity contribution in [2.75, 3.05) is 20.3 Å². The van der Waals surface area contributed by atoms with Gasteiger partial charge in [0.2, 0.25) is 0 Å². The Bertz CT molecular complexity index is 411. The highest BCUT2D eigenvalue weighted by molar-refractivity contribution is 5.30. The molecular weight excluding hydrogens is 254 g/mol. The van der Waals surface area contributed by atoms with E-state index in [-0.39, 0.29) is 12.1 Å². The third-order valence-electron chi connectivity index (χ3n) is 3.75. The van der Waals surface area contributed by atoms with Crippen LogP contribution < -0.4 is 10.1 Å². The molecule has 0 aliphatic carbocycles. The third kappa shape index (κ3) is 3.15. The van der Waals surface area contributed by atoms with Crippen LogP contribution in [-0.4, -0.2) is 36.1 Å². The third-order valence-corrected chi connectivity index (χ3v) is 3.75. The first kappa shape index (κ1) is 15.3. The lowest BCUT2D eigenvalue weighted by Gasteiger charge is -2.27. The number of aromatic nitrogens is 2. The van der Waals surface area contributed by atoms with E-state index in [0.29, 0.717) is 6.04 Å². The summed E-state index contributed by atoms with van der Waals surface area (Å²) in [5.41, 5.74) is 1.11. The molecule has 5 nitrogen and oxygen atoms in total. The van der Waals surface area contributed by atoms with Crippen LogP contribution in [0.15, 0.2) is 6.20 Å². The van der Waals surface area contributed by atoms with Crippen LogP contribution >= 0.6 is 0 Å². The lowest BCUT2D eigenvalue weighted by Crippen LogP contribution is -2.34. The summed E-state index contributed by atoms with van der Waals surface area (Å²) in [6.45, 7) is 8.28. The van der Waals surface area contributed by atoms with E-state index in [1.165, 1.54) is 0 Å². The van der Waals surface area contributed by atoms with Gasteiger partial charge in [0.1, 0.15) is 5.69 Å². The first-order valence-corrected chi connectivity index (χ1v) is 7.65. The SMILES string of the molecule is CCCNC(c1c(OC)cnn1C(C)C)C1CCCO1. The molecule has 5 heteroatoms. The van der Waals surface area contributed by atoms with Gasteiger partial charge in [-0.15, -0.1) is 0 Å². The summed E-state index contributed by atoms with van der Waals surface area (Å²) >= 11 is 0. The summed E-state index contributed by atoms with van der Waals surface area (Å²) < 4.78 is 13.5. The molecule has 1 saturated heterocycles. The molecule has 2 rings (SSSR count). The monoisotopic (exact) mass is 281 g/mol. The Morgan fingerprint density at radius 2 is 2.35 bits per heavy atom. The zero-order valence-electron chi connectivity index (χ0n) is 13.1. The second kappa shape index (κ2) is 7.09. The Labute approximate surface area is 121 Å². The lowest BCUT2D eigenvalue weighted by atomic mass is 10.0. The maximum absolute atomic E-state index is 5.91. The average molecular weight is 281 g/mol. The minimum Gasteiger partial charge on any atom is -0.493 e. The van der Waals surface area contributed by atoms with Crippen LogP contribution in [-0.2, 0) is 4.74 Å². The predicted molar refractivity (Wildman–Crippen MR) is 79.2 cm³/mol. The lowest BCUT2D eigenvalue weighted by molar-refractivity contribution is 0.0741. The van der Waals surface area contributed by atoms with Crippen molar-refractivity contribution in [1.82, 2.24) is 15.1 Å². The van der Waals surface area contributed by atoms with Gasteiger partial charge in [0.15, 0.2) is 5.75 Å². The summed E-state index contributed by atoms with van der Waals surface area (Å²) in [7, 11) is 1.71. The quantitative estimate of drug-likeness (QED) is 0.835. The zero-order valence-corrected chi connectivity index (χ0v) is 13.1. The van der Waals surface area contributed by atoms with Gasteiger partial charge < -0.3 is 14.8 Å². The summed E-state index contributed by atoms with van der Waals surface area (Å²) in [4.78, 5) is 0. The largest absolute Gasteiger partial charge is 0.493 e. The molecule has 1 fully saturated rings. The molecule has 1 aromatic rings. The van der Waals surface area contributed by atoms with Crippen LogP contribution in [0.4, 0.5) is 0 Å². The smallest absolute Gasteiger partial charge is 0.161 e. The molecule has 0 bridgehead atoms. The van der Waals surface area contributed by atoms with Crippen LogP contribution in [0.3, 0.4) is 0 Å². The normalized spacial score (nSPS) is 20.6. The van der Waals surface area contributed by atoms with Crippen LogP contribution in [0.5, 0.6) is 5.75 Å². The van der Waals surface area contributed by atoms with Gasteiger partial charge in [-0.2, -0.15) is 5.10 Å². The van der Waals surface area contributed by atoms with Crippen molar-refractivity contribution in [2.24, 2.45) is 0 Å². The Balaban J connectivity index is 2.32. The van der Waals surface area contributed by atoms with Crippen molar-refractivity contribution in [3.05, 3.63) is 11.9 Å². The van der Waals surface area contributed by atoms with E-state index < -0.39 is 0 Å². The molecule has 1 aromatic heterocycles. The fourth-order valence-corrected chi connectivity index (χ4v) is 2.79. The van der Waals surface area contributed by atoms with Crippen LogP contribution in [0, 0.1) is 0 Å². The standard InChI is InChI=1S/C15H27N3O2/c1-5-8-16-14(12-7-6-9-20-12)15-13(19-4)10-17-18(15)11(2)3/h10-12,14,16H,5-9H2,1-4H3. The molecule has 0 saturated carbocycles. The number of ether oxygens (including phenoxy) is 2. The molecule has 1 aliphatic rings. The van der Waals surface area contributed by atoms with Gasteiger partial charge in [-0.1, -0.05) is 6.92 Å². The molecule has 20 heavy (non-hydrogen) atoms. The topological polar surface area (TPSA) is 48.3 Å². The maximum atomic E-state index is 5.91. The molecule has 1 N–H and O–H groups in total. The fourth-order valence-electron chi connectivity index (χ4n) is 2.79. The van der Waals surface area contributed by atoms with Crippen molar-refractivity contribution in [1.29, 1.82) is 0 Å². The van der Waals surface area contributed by atoms with E-state index >= 15 is 0 Å². The van der Waals surface area contributed by atoms with E-state index in [1.807, 2.05) is 10.9 Å². The Morgan fingerprint density at radius 1 is 1.55 bits per heavy atom. The van der Waals surface area contributed by atoms with Crippen molar-refractivity contribution in [3.63, 3.8) is 0 Å². The molecule has 0 aromatic carbocycles. The van der Waals surface area contributed by atoms with Gasteiger partial charge in [-0.05, 0) is 39.7 Å². The Kier molecular flexibility index (Phi) is 5.43. The summed E-state index contributed by atoms with van der Waals surface area (Å²) in [5.74, 6) is 0.850. The van der Waals surface area contributed by atoms with E-state index in [1.54, 1.807) is 7.11 Å². The van der Waals surface area contributed by atoms with Crippen molar-refractivity contribution < 1.29 is 9.47 Å². The fraction of sp³-hybridized carbons (Fsp3) is 0.800. The molecule has 114 valence electrons. The molecular formula is C15H27N3O2. The van der Waals surface area contributed by atoms with Crippen LogP contribution in [0.25, 0.3) is 0 Å². The number of hydrogen-bond acceptors (Lipinski definition) is 4. The van der Waals surface area contributed by atoms with Crippen LogP contribution in [0.2, 0.25) is 0 Å². The minimum absolute atomic E-state index is 0.150. The first-order valence-electron chi connectivity index (χ1n) is 7.65. The Hall–Kier alpha value is -1.07. The summed E-state index contributed by atoms with van der Waals surface area (Å²) in [6.07, 6.45) is 5.34. The molecule has 2 heterocycles. The average Bonchev–Trinajstić information content (AvgIpc) is 3.08. The van der Waals surface area contributed by atoms with E-state index in [4.69, 9.17) is 9.47 Å². The number of methoxy groups -OCH3 is 1. The van der Waals surface area contributed by atoms with Gasteiger partial charge in [0.25, 0.3) is 0 Å². The minimum atomic E-state index is 0.150. The highest BCUT2D eigenvalue weighted by atomic mass is 16.5. The van der Waals surface area contributed by atoms with Crippen molar-refractivity contribution >= 4 is 0 Å². The predicted octanol–water partition coefficient (Wildman–Crippen LogP) is 2.69. The molecule has 2 unspecified atom stereocenters. The first-order chi connectivity index (χ1) is 9.69. The Morgan fingerprint density at radius 3 is 2.90 bits per heavy atom. The number of nitrogens with one attached hydrogen (secondary N) is 1.